The van der Waals surface area contributed by atoms with Crippen LogP contribution in [-0.4, -0.2) is 40.6 Å². The van der Waals surface area contributed by atoms with Crippen molar-refractivity contribution in [2.75, 3.05) is 19.7 Å². The number of benzene rings is 1. The fourth-order valence-electron chi connectivity index (χ4n) is 3.27. The van der Waals surface area contributed by atoms with E-state index in [-0.39, 0.29) is 17.8 Å². The van der Waals surface area contributed by atoms with Gasteiger partial charge in [0.1, 0.15) is 11.9 Å². The van der Waals surface area contributed by atoms with Gasteiger partial charge in [0.05, 0.1) is 18.6 Å². The van der Waals surface area contributed by atoms with Crippen LogP contribution in [0.2, 0.25) is 0 Å². The highest BCUT2D eigenvalue weighted by Gasteiger charge is 2.52. The molecule has 4 rings (SSSR count). The van der Waals surface area contributed by atoms with Crippen LogP contribution in [-0.2, 0) is 16.0 Å². The molecule has 0 spiro atoms. The number of hydrogen-bond acceptors (Lipinski definition) is 5. The maximum atomic E-state index is 13.9. The Kier molecular flexibility index (Phi) is 3.80. The van der Waals surface area contributed by atoms with Gasteiger partial charge in [0.2, 0.25) is 18.1 Å². The average Bonchev–Trinajstić information content (AvgIpc) is 3.18. The summed E-state index contributed by atoms with van der Waals surface area (Å²) < 4.78 is 24.3. The van der Waals surface area contributed by atoms with E-state index < -0.39 is 5.41 Å². The molecule has 2 fully saturated rings. The summed E-state index contributed by atoms with van der Waals surface area (Å²) in [6.07, 6.45) is 2.92. The predicted octanol–water partition coefficient (Wildman–Crippen LogP) is 2.13. The van der Waals surface area contributed by atoms with Crippen molar-refractivity contribution < 1.29 is 18.4 Å². The van der Waals surface area contributed by atoms with E-state index in [1.165, 1.54) is 12.5 Å². The van der Waals surface area contributed by atoms with E-state index in [0.29, 0.717) is 37.5 Å². The number of rotatable bonds is 4. The second kappa shape index (κ2) is 5.98. The van der Waals surface area contributed by atoms with Gasteiger partial charge < -0.3 is 14.2 Å². The molecular formula is C17H18FN3O3. The summed E-state index contributed by atoms with van der Waals surface area (Å²) in [5.41, 5.74) is 0.132. The van der Waals surface area contributed by atoms with Crippen LogP contribution in [0.3, 0.4) is 0 Å². The average molecular weight is 331 g/mol. The number of aromatic nitrogens is 2. The Hall–Kier alpha value is -2.28. The summed E-state index contributed by atoms with van der Waals surface area (Å²) >= 11 is 0. The van der Waals surface area contributed by atoms with Gasteiger partial charge in [-0.25, -0.2) is 4.39 Å². The van der Waals surface area contributed by atoms with Crippen LogP contribution in [0.1, 0.15) is 30.3 Å². The lowest BCUT2D eigenvalue weighted by Crippen LogP contribution is -2.46. The van der Waals surface area contributed by atoms with Crippen LogP contribution >= 0.6 is 0 Å². The zero-order valence-electron chi connectivity index (χ0n) is 13.2. The zero-order chi connectivity index (χ0) is 16.6. The van der Waals surface area contributed by atoms with Gasteiger partial charge in [-0.15, -0.1) is 0 Å². The lowest BCUT2D eigenvalue weighted by atomic mass is 9.94. The van der Waals surface area contributed by atoms with E-state index in [9.17, 15) is 9.18 Å². The van der Waals surface area contributed by atoms with Crippen LogP contribution in [0.4, 0.5) is 4.39 Å². The normalized spacial score (nSPS) is 22.4. The second-order valence-electron chi connectivity index (χ2n) is 6.45. The molecule has 0 radical (unpaired) electrons. The van der Waals surface area contributed by atoms with Crippen molar-refractivity contribution in [2.24, 2.45) is 5.41 Å². The molecule has 1 saturated heterocycles. The molecule has 0 N–H and O–H groups in total. The quantitative estimate of drug-likeness (QED) is 0.858. The number of carbonyl (C=O) groups is 1. The minimum absolute atomic E-state index is 0.0718. The molecule has 1 amide bonds. The van der Waals surface area contributed by atoms with Gasteiger partial charge in [-0.3, -0.25) is 4.79 Å². The highest BCUT2D eigenvalue weighted by molar-refractivity contribution is 5.85. The summed E-state index contributed by atoms with van der Waals surface area (Å²) in [4.78, 5) is 18.8. The molecular weight excluding hydrogens is 313 g/mol. The van der Waals surface area contributed by atoms with E-state index in [1.54, 1.807) is 23.1 Å². The molecule has 126 valence electrons. The third-order valence-corrected chi connectivity index (χ3v) is 4.81. The van der Waals surface area contributed by atoms with Crippen LogP contribution < -0.4 is 0 Å². The Morgan fingerprint density at radius 3 is 2.92 bits per heavy atom. The molecule has 2 heterocycles. The molecule has 7 heteroatoms. The van der Waals surface area contributed by atoms with Crippen LogP contribution in [0.25, 0.3) is 0 Å². The molecule has 0 bridgehead atoms. The summed E-state index contributed by atoms with van der Waals surface area (Å²) in [7, 11) is 0. The first-order valence-electron chi connectivity index (χ1n) is 8.09. The minimum atomic E-state index is -0.471. The highest BCUT2D eigenvalue weighted by atomic mass is 19.1. The standard InChI is InChI=1S/C17H18FN3O3/c18-13-4-2-1-3-12(13)9-17(5-6-17)16(22)21-7-8-23-14(10-21)15-19-11-24-20-15/h1-4,11,14H,5-10H2. The van der Waals surface area contributed by atoms with Gasteiger partial charge in [0.15, 0.2) is 0 Å². The molecule has 1 aromatic heterocycles. The SMILES string of the molecule is O=C(N1CCOC(c2ncon2)C1)C1(Cc2ccccc2F)CC1. The third kappa shape index (κ3) is 2.80. The van der Waals surface area contributed by atoms with Crippen LogP contribution in [0, 0.1) is 11.2 Å². The molecule has 1 aliphatic heterocycles. The minimum Gasteiger partial charge on any atom is -0.366 e. The van der Waals surface area contributed by atoms with E-state index in [0.717, 1.165) is 12.8 Å². The van der Waals surface area contributed by atoms with E-state index in [1.807, 2.05) is 0 Å². The summed E-state index contributed by atoms with van der Waals surface area (Å²) in [5.74, 6) is 0.275. The number of ether oxygens (including phenoxy) is 1. The largest absolute Gasteiger partial charge is 0.366 e. The fraction of sp³-hybridized carbons (Fsp3) is 0.471. The number of carbonyl (C=O) groups excluding carboxylic acids is 1. The second-order valence-corrected chi connectivity index (χ2v) is 6.45. The van der Waals surface area contributed by atoms with Gasteiger partial charge in [-0.2, -0.15) is 4.98 Å². The van der Waals surface area contributed by atoms with E-state index >= 15 is 0 Å². The van der Waals surface area contributed by atoms with Crippen LogP contribution in [0.5, 0.6) is 0 Å². The summed E-state index contributed by atoms with van der Waals surface area (Å²) in [6.45, 7) is 1.37. The first-order valence-corrected chi connectivity index (χ1v) is 8.09. The smallest absolute Gasteiger partial charge is 0.229 e. The van der Waals surface area contributed by atoms with E-state index in [2.05, 4.69) is 10.1 Å². The molecule has 2 aromatic rings. The number of morpholine rings is 1. The molecule has 1 unspecified atom stereocenters. The lowest BCUT2D eigenvalue weighted by Gasteiger charge is -2.34. The maximum Gasteiger partial charge on any atom is 0.229 e. The Balaban J connectivity index is 1.48. The van der Waals surface area contributed by atoms with Gasteiger partial charge in [0, 0.05) is 6.54 Å². The first-order chi connectivity index (χ1) is 11.7. The fourth-order valence-corrected chi connectivity index (χ4v) is 3.27. The third-order valence-electron chi connectivity index (χ3n) is 4.81. The first kappa shape index (κ1) is 15.3. The van der Waals surface area contributed by atoms with Gasteiger partial charge >= 0.3 is 0 Å². The van der Waals surface area contributed by atoms with Crippen molar-refractivity contribution in [3.05, 3.63) is 47.9 Å². The molecule has 1 aliphatic carbocycles. The van der Waals surface area contributed by atoms with Crippen molar-refractivity contribution in [3.63, 3.8) is 0 Å². The van der Waals surface area contributed by atoms with Crippen molar-refractivity contribution in [2.45, 2.75) is 25.4 Å². The van der Waals surface area contributed by atoms with Crippen molar-refractivity contribution >= 4 is 5.91 Å². The number of amides is 1. The topological polar surface area (TPSA) is 68.5 Å². The number of nitrogens with zero attached hydrogens (tertiary/aromatic N) is 3. The highest BCUT2D eigenvalue weighted by Crippen LogP contribution is 2.50. The molecule has 1 atom stereocenters. The zero-order valence-corrected chi connectivity index (χ0v) is 13.2. The monoisotopic (exact) mass is 331 g/mol. The number of halogens is 1. The van der Waals surface area contributed by atoms with Crippen molar-refractivity contribution in [1.29, 1.82) is 0 Å². The van der Waals surface area contributed by atoms with Crippen molar-refractivity contribution in [3.8, 4) is 0 Å². The molecule has 24 heavy (non-hydrogen) atoms. The maximum absolute atomic E-state index is 13.9. The van der Waals surface area contributed by atoms with Crippen molar-refractivity contribution in [1.82, 2.24) is 15.0 Å². The van der Waals surface area contributed by atoms with Gasteiger partial charge in [-0.05, 0) is 30.9 Å². The Morgan fingerprint density at radius 1 is 1.38 bits per heavy atom. The Morgan fingerprint density at radius 2 is 2.21 bits per heavy atom. The lowest BCUT2D eigenvalue weighted by molar-refractivity contribution is -0.145. The van der Waals surface area contributed by atoms with E-state index in [4.69, 9.17) is 9.26 Å². The van der Waals surface area contributed by atoms with Gasteiger partial charge in [-0.1, -0.05) is 23.4 Å². The molecule has 1 saturated carbocycles. The summed E-state index contributed by atoms with van der Waals surface area (Å²) in [6, 6.07) is 6.67. The Bertz CT molecular complexity index is 730. The van der Waals surface area contributed by atoms with Gasteiger partial charge in [0.25, 0.3) is 0 Å². The van der Waals surface area contributed by atoms with Crippen LogP contribution in [0.15, 0.2) is 35.2 Å². The molecule has 2 aliphatic rings. The molecule has 1 aromatic carbocycles. The number of hydrogen-bond donors (Lipinski definition) is 0. The molecule has 6 nitrogen and oxygen atoms in total. The Labute approximate surface area is 138 Å². The summed E-state index contributed by atoms with van der Waals surface area (Å²) in [5, 5.41) is 3.79. The predicted molar refractivity (Wildman–Crippen MR) is 81.3 cm³/mol.